The van der Waals surface area contributed by atoms with Crippen LogP contribution < -0.4 is 5.32 Å². The molecule has 0 aromatic carbocycles. The summed E-state index contributed by atoms with van der Waals surface area (Å²) in [4.78, 5) is 14.7. The second-order valence-corrected chi connectivity index (χ2v) is 4.40. The molecule has 1 aliphatic rings. The number of aliphatic hydroxyl groups excluding tert-OH is 1. The highest BCUT2D eigenvalue weighted by molar-refractivity contribution is 5.78. The zero-order chi connectivity index (χ0) is 11.4. The van der Waals surface area contributed by atoms with Crippen LogP contribution in [0.5, 0.6) is 0 Å². The summed E-state index contributed by atoms with van der Waals surface area (Å²) in [6.45, 7) is 0. The highest BCUT2D eigenvalue weighted by atomic mass is 16.3. The minimum Gasteiger partial charge on any atom is -0.391 e. The third-order valence-electron chi connectivity index (χ3n) is 3.09. The number of hydrogen-bond donors (Lipinski definition) is 3. The Bertz CT molecular complexity index is 335. The number of nitrogens with one attached hydrogen (secondary N) is 2. The molecule has 2 rings (SSSR count). The molecule has 1 aromatic rings. The van der Waals surface area contributed by atoms with Gasteiger partial charge < -0.3 is 15.4 Å². The molecule has 1 aromatic heterocycles. The summed E-state index contributed by atoms with van der Waals surface area (Å²) >= 11 is 0. The molecule has 1 saturated carbocycles. The fourth-order valence-electron chi connectivity index (χ4n) is 2.19. The Hall–Kier alpha value is -1.29. The van der Waals surface area contributed by atoms with Crippen molar-refractivity contribution < 1.29 is 9.90 Å². The number of carbonyl (C=O) groups excluding carboxylic acids is 1. The van der Waals surface area contributed by atoms with E-state index in [4.69, 9.17) is 0 Å². The van der Waals surface area contributed by atoms with Crippen molar-refractivity contribution in [3.8, 4) is 0 Å². The van der Waals surface area contributed by atoms with Crippen molar-refractivity contribution in [1.29, 1.82) is 0 Å². The topological polar surface area (TPSA) is 65.1 Å². The molecule has 0 spiro atoms. The van der Waals surface area contributed by atoms with E-state index in [1.807, 2.05) is 12.1 Å². The summed E-state index contributed by atoms with van der Waals surface area (Å²) in [6, 6.07) is 3.70. The smallest absolute Gasteiger partial charge is 0.226 e. The second-order valence-electron chi connectivity index (χ2n) is 4.40. The Kier molecular flexibility index (Phi) is 3.62. The lowest BCUT2D eigenvalue weighted by Gasteiger charge is -2.28. The molecular formula is C12H18N2O2. The molecule has 88 valence electrons. The number of aromatic amines is 1. The average Bonchev–Trinajstić information content (AvgIpc) is 2.74. The van der Waals surface area contributed by atoms with Crippen LogP contribution >= 0.6 is 0 Å². The first-order valence-electron chi connectivity index (χ1n) is 5.85. The predicted molar refractivity (Wildman–Crippen MR) is 60.9 cm³/mol. The van der Waals surface area contributed by atoms with E-state index in [2.05, 4.69) is 10.3 Å². The Balaban J connectivity index is 1.82. The molecular weight excluding hydrogens is 204 g/mol. The first-order chi connectivity index (χ1) is 7.75. The lowest BCUT2D eigenvalue weighted by Crippen LogP contribution is -2.45. The zero-order valence-corrected chi connectivity index (χ0v) is 9.28. The number of hydrogen-bond acceptors (Lipinski definition) is 2. The molecule has 1 fully saturated rings. The SMILES string of the molecule is O=C(Cc1ccc[nH]1)NC1CCCCC1O. The van der Waals surface area contributed by atoms with Gasteiger partial charge in [0.2, 0.25) is 5.91 Å². The van der Waals surface area contributed by atoms with Crippen molar-refractivity contribution in [3.05, 3.63) is 24.0 Å². The van der Waals surface area contributed by atoms with Crippen LogP contribution in [0.2, 0.25) is 0 Å². The fourth-order valence-corrected chi connectivity index (χ4v) is 2.19. The van der Waals surface area contributed by atoms with E-state index < -0.39 is 0 Å². The number of rotatable bonds is 3. The van der Waals surface area contributed by atoms with Crippen LogP contribution in [0.1, 0.15) is 31.4 Å². The van der Waals surface area contributed by atoms with E-state index in [0.717, 1.165) is 31.4 Å². The summed E-state index contributed by atoms with van der Waals surface area (Å²) in [5, 5.41) is 12.6. The molecule has 4 heteroatoms. The number of H-pyrrole nitrogens is 1. The van der Waals surface area contributed by atoms with Crippen molar-refractivity contribution in [2.75, 3.05) is 0 Å². The van der Waals surface area contributed by atoms with Gasteiger partial charge in [-0.1, -0.05) is 12.8 Å². The lowest BCUT2D eigenvalue weighted by atomic mass is 9.92. The molecule has 1 aliphatic carbocycles. The first kappa shape index (κ1) is 11.2. The van der Waals surface area contributed by atoms with Crippen molar-refractivity contribution in [1.82, 2.24) is 10.3 Å². The van der Waals surface area contributed by atoms with Crippen LogP contribution in [-0.2, 0) is 11.2 Å². The molecule has 4 nitrogen and oxygen atoms in total. The van der Waals surface area contributed by atoms with Crippen LogP contribution in [0.4, 0.5) is 0 Å². The van der Waals surface area contributed by atoms with Gasteiger partial charge in [0.05, 0.1) is 18.6 Å². The van der Waals surface area contributed by atoms with Gasteiger partial charge in [-0.2, -0.15) is 0 Å². The largest absolute Gasteiger partial charge is 0.391 e. The quantitative estimate of drug-likeness (QED) is 0.713. The van der Waals surface area contributed by atoms with Crippen LogP contribution in [0, 0.1) is 0 Å². The van der Waals surface area contributed by atoms with Gasteiger partial charge in [0.1, 0.15) is 0 Å². The molecule has 3 N–H and O–H groups in total. The number of carbonyl (C=O) groups is 1. The predicted octanol–water partition coefficient (Wildman–Crippen LogP) is 0.977. The summed E-state index contributed by atoms with van der Waals surface area (Å²) in [5.74, 6) is -0.0200. The van der Waals surface area contributed by atoms with Crippen molar-refractivity contribution in [2.24, 2.45) is 0 Å². The van der Waals surface area contributed by atoms with Gasteiger partial charge in [-0.3, -0.25) is 4.79 Å². The summed E-state index contributed by atoms with van der Waals surface area (Å²) < 4.78 is 0. The monoisotopic (exact) mass is 222 g/mol. The van der Waals surface area contributed by atoms with Gasteiger partial charge in [0.15, 0.2) is 0 Å². The number of aromatic nitrogens is 1. The Morgan fingerprint density at radius 1 is 1.50 bits per heavy atom. The maximum atomic E-state index is 11.7. The maximum Gasteiger partial charge on any atom is 0.226 e. The highest BCUT2D eigenvalue weighted by Gasteiger charge is 2.24. The van der Waals surface area contributed by atoms with E-state index in [1.54, 1.807) is 6.20 Å². The zero-order valence-electron chi connectivity index (χ0n) is 9.28. The maximum absolute atomic E-state index is 11.7. The van der Waals surface area contributed by atoms with E-state index in [1.165, 1.54) is 0 Å². The molecule has 2 unspecified atom stereocenters. The Morgan fingerprint density at radius 3 is 3.00 bits per heavy atom. The summed E-state index contributed by atoms with van der Waals surface area (Å²) in [6.07, 6.45) is 5.62. The van der Waals surface area contributed by atoms with Gasteiger partial charge in [-0.15, -0.1) is 0 Å². The fraction of sp³-hybridized carbons (Fsp3) is 0.583. The minimum atomic E-state index is -0.374. The molecule has 0 aliphatic heterocycles. The van der Waals surface area contributed by atoms with Crippen LogP contribution in [0.3, 0.4) is 0 Å². The van der Waals surface area contributed by atoms with E-state index in [-0.39, 0.29) is 18.1 Å². The van der Waals surface area contributed by atoms with Crippen LogP contribution in [-0.4, -0.2) is 28.1 Å². The van der Waals surface area contributed by atoms with Gasteiger partial charge in [0, 0.05) is 11.9 Å². The second kappa shape index (κ2) is 5.16. The summed E-state index contributed by atoms with van der Waals surface area (Å²) in [7, 11) is 0. The van der Waals surface area contributed by atoms with Gasteiger partial charge in [0.25, 0.3) is 0 Å². The molecule has 16 heavy (non-hydrogen) atoms. The molecule has 0 bridgehead atoms. The third kappa shape index (κ3) is 2.85. The van der Waals surface area contributed by atoms with Gasteiger partial charge in [-0.25, -0.2) is 0 Å². The average molecular weight is 222 g/mol. The van der Waals surface area contributed by atoms with Crippen LogP contribution in [0.25, 0.3) is 0 Å². The van der Waals surface area contributed by atoms with Crippen molar-refractivity contribution >= 4 is 5.91 Å². The minimum absolute atomic E-state index is 0.0200. The Morgan fingerprint density at radius 2 is 2.31 bits per heavy atom. The van der Waals surface area contributed by atoms with Crippen molar-refractivity contribution in [3.63, 3.8) is 0 Å². The van der Waals surface area contributed by atoms with Gasteiger partial charge >= 0.3 is 0 Å². The van der Waals surface area contributed by atoms with Crippen LogP contribution in [0.15, 0.2) is 18.3 Å². The standard InChI is InChI=1S/C12H18N2O2/c15-11-6-2-1-5-10(11)14-12(16)8-9-4-3-7-13-9/h3-4,7,10-11,13,15H,1-2,5-6,8H2,(H,14,16). The van der Waals surface area contributed by atoms with Crippen molar-refractivity contribution in [2.45, 2.75) is 44.2 Å². The molecule has 0 radical (unpaired) electrons. The lowest BCUT2D eigenvalue weighted by molar-refractivity contribution is -0.122. The summed E-state index contributed by atoms with van der Waals surface area (Å²) in [5.41, 5.74) is 0.905. The van der Waals surface area contributed by atoms with E-state index >= 15 is 0 Å². The third-order valence-corrected chi connectivity index (χ3v) is 3.09. The highest BCUT2D eigenvalue weighted by Crippen LogP contribution is 2.18. The van der Waals surface area contributed by atoms with E-state index in [9.17, 15) is 9.90 Å². The molecule has 2 atom stereocenters. The first-order valence-corrected chi connectivity index (χ1v) is 5.85. The molecule has 0 saturated heterocycles. The molecule has 1 heterocycles. The van der Waals surface area contributed by atoms with Gasteiger partial charge in [-0.05, 0) is 25.0 Å². The number of amides is 1. The normalized spacial score (nSPS) is 25.3. The molecule has 1 amide bonds. The Labute approximate surface area is 95.1 Å². The van der Waals surface area contributed by atoms with E-state index in [0.29, 0.717) is 6.42 Å². The number of aliphatic hydroxyl groups is 1.